The van der Waals surface area contributed by atoms with Gasteiger partial charge in [-0.2, -0.15) is 0 Å². The summed E-state index contributed by atoms with van der Waals surface area (Å²) in [5, 5.41) is 17.0. The van der Waals surface area contributed by atoms with Gasteiger partial charge in [0.05, 0.1) is 6.10 Å². The van der Waals surface area contributed by atoms with E-state index in [1.54, 1.807) is 32.9 Å². The Morgan fingerprint density at radius 1 is 1.28 bits per heavy atom. The molecular weight excluding hydrogens is 385 g/mol. The lowest BCUT2D eigenvalue weighted by molar-refractivity contribution is -0.274. The molecule has 0 aromatic heterocycles. The molecule has 2 N–H and O–H groups in total. The molecule has 0 saturated heterocycles. The van der Waals surface area contributed by atoms with E-state index in [1.807, 2.05) is 6.08 Å². The van der Waals surface area contributed by atoms with E-state index >= 15 is 0 Å². The van der Waals surface area contributed by atoms with Gasteiger partial charge in [-0.05, 0) is 71.4 Å². The maximum absolute atomic E-state index is 11.6. The number of halogens is 3. The highest BCUT2D eigenvalue weighted by atomic mass is 19.4. The minimum atomic E-state index is -4.60. The quantitative estimate of drug-likeness (QED) is 0.632. The molecule has 0 spiro atoms. The lowest BCUT2D eigenvalue weighted by atomic mass is 9.68. The number of aliphatic hydroxyl groups excluding tert-OH is 2. The third-order valence-electron chi connectivity index (χ3n) is 4.74. The first-order valence-corrected chi connectivity index (χ1v) is 9.73. The Balaban J connectivity index is 0.000000481. The number of allylic oxidation sites excluding steroid dienone is 1. The molecule has 0 aliphatic heterocycles. The molecular formula is C22H33F3O4. The van der Waals surface area contributed by atoms with E-state index < -0.39 is 6.36 Å². The number of carbonyl (C=O) groups excluding carboxylic acids is 1. The summed E-state index contributed by atoms with van der Waals surface area (Å²) in [4.78, 5) is 11.6. The summed E-state index contributed by atoms with van der Waals surface area (Å²) in [6.45, 7) is 9.09. The number of ether oxygens (including phenoxy) is 1. The van der Waals surface area contributed by atoms with Crippen LogP contribution in [0.3, 0.4) is 0 Å². The second-order valence-corrected chi connectivity index (χ2v) is 7.07. The van der Waals surface area contributed by atoms with Crippen molar-refractivity contribution in [3.8, 4) is 5.75 Å². The van der Waals surface area contributed by atoms with Crippen molar-refractivity contribution in [3.63, 3.8) is 0 Å². The van der Waals surface area contributed by atoms with Crippen molar-refractivity contribution in [3.05, 3.63) is 42.5 Å². The zero-order valence-electron chi connectivity index (χ0n) is 17.5. The summed E-state index contributed by atoms with van der Waals surface area (Å²) >= 11 is 0. The number of aryl methyl sites for hydroxylation is 1. The molecule has 1 aliphatic rings. The number of hydrogen-bond acceptors (Lipinski definition) is 4. The number of Topliss-reactive ketones (excluding diaryl/α,β-unsaturated/α-hetero) is 1. The van der Waals surface area contributed by atoms with Crippen LogP contribution >= 0.6 is 0 Å². The largest absolute Gasteiger partial charge is 0.573 e. The number of alkyl halides is 3. The molecule has 0 unspecified atom stereocenters. The van der Waals surface area contributed by atoms with Gasteiger partial charge >= 0.3 is 6.36 Å². The van der Waals surface area contributed by atoms with E-state index in [0.717, 1.165) is 44.1 Å². The Hall–Kier alpha value is -1.86. The van der Waals surface area contributed by atoms with E-state index in [2.05, 4.69) is 11.3 Å². The minimum absolute atomic E-state index is 0.159. The average Bonchev–Trinajstić information content (AvgIpc) is 2.63. The van der Waals surface area contributed by atoms with E-state index in [0.29, 0.717) is 0 Å². The Bertz CT molecular complexity index is 589. The zero-order valence-corrected chi connectivity index (χ0v) is 17.5. The fraction of sp³-hybridized carbons (Fsp3) is 0.591. The van der Waals surface area contributed by atoms with Crippen molar-refractivity contribution < 1.29 is 32.9 Å². The van der Waals surface area contributed by atoms with Crippen LogP contribution in [0.15, 0.2) is 36.9 Å². The van der Waals surface area contributed by atoms with Gasteiger partial charge in [0.25, 0.3) is 0 Å². The number of rotatable bonds is 5. The topological polar surface area (TPSA) is 66.8 Å². The highest BCUT2D eigenvalue weighted by Crippen LogP contribution is 2.41. The lowest BCUT2D eigenvalue weighted by Gasteiger charge is -2.36. The lowest BCUT2D eigenvalue weighted by Crippen LogP contribution is -2.35. The van der Waals surface area contributed by atoms with Gasteiger partial charge in [0.15, 0.2) is 0 Å². The average molecular weight is 418 g/mol. The standard InChI is InChI=1S/C12H20O2.C8H7F3O.C2H6O/c1-3-4-7-12(10(2)13)8-5-11(14)6-9-12;1-6-2-4-7(5-3-6)12-8(9,10)11;1-2-3/h3,11,14H,1,4-9H2,2H3;2-5H,1H3;3H,2H2,1H3. The van der Waals surface area contributed by atoms with Crippen LogP contribution in [0, 0.1) is 12.3 Å². The molecule has 29 heavy (non-hydrogen) atoms. The van der Waals surface area contributed by atoms with Crippen molar-refractivity contribution in [2.75, 3.05) is 6.61 Å². The SMILES string of the molecule is C=CCCC1(C(C)=O)CCC(O)CC1.CCO.Cc1ccc(OC(F)(F)F)cc1. The van der Waals surface area contributed by atoms with Crippen LogP contribution in [-0.4, -0.2) is 35.1 Å². The number of ketones is 1. The van der Waals surface area contributed by atoms with Gasteiger partial charge in [0.1, 0.15) is 11.5 Å². The highest BCUT2D eigenvalue weighted by molar-refractivity contribution is 5.82. The molecule has 1 fully saturated rings. The molecule has 1 aromatic carbocycles. The van der Waals surface area contributed by atoms with Gasteiger partial charge in [-0.3, -0.25) is 4.79 Å². The Kier molecular flexibility index (Phi) is 12.5. The van der Waals surface area contributed by atoms with Crippen LogP contribution in [0.2, 0.25) is 0 Å². The molecule has 0 amide bonds. The molecule has 7 heteroatoms. The van der Waals surface area contributed by atoms with Gasteiger partial charge in [-0.1, -0.05) is 23.8 Å². The second kappa shape index (κ2) is 13.4. The summed E-state index contributed by atoms with van der Waals surface area (Å²) in [6.07, 6.45) is 2.12. The molecule has 0 atom stereocenters. The summed E-state index contributed by atoms with van der Waals surface area (Å²) in [5.74, 6) is 0.0966. The van der Waals surface area contributed by atoms with E-state index in [-0.39, 0.29) is 29.7 Å². The van der Waals surface area contributed by atoms with Crippen LogP contribution < -0.4 is 4.74 Å². The number of carbonyl (C=O) groups is 1. The number of benzene rings is 1. The predicted octanol–water partition coefficient (Wildman–Crippen LogP) is 5.36. The molecule has 4 nitrogen and oxygen atoms in total. The molecule has 1 saturated carbocycles. The van der Waals surface area contributed by atoms with Crippen molar-refractivity contribution in [1.29, 1.82) is 0 Å². The summed E-state index contributed by atoms with van der Waals surface area (Å²) < 4.78 is 38.5. The van der Waals surface area contributed by atoms with Gasteiger partial charge in [-0.25, -0.2) is 0 Å². The van der Waals surface area contributed by atoms with E-state index in [9.17, 15) is 23.1 Å². The number of aliphatic hydroxyl groups is 2. The summed E-state index contributed by atoms with van der Waals surface area (Å²) in [6, 6.07) is 5.67. The van der Waals surface area contributed by atoms with E-state index in [4.69, 9.17) is 5.11 Å². The summed E-state index contributed by atoms with van der Waals surface area (Å²) in [7, 11) is 0. The smallest absolute Gasteiger partial charge is 0.406 e. The molecule has 1 aliphatic carbocycles. The molecule has 166 valence electrons. The van der Waals surface area contributed by atoms with Crippen LogP contribution in [0.1, 0.15) is 57.9 Å². The van der Waals surface area contributed by atoms with Crippen molar-refractivity contribution >= 4 is 5.78 Å². The molecule has 0 bridgehead atoms. The van der Waals surface area contributed by atoms with E-state index in [1.165, 1.54) is 12.1 Å². The van der Waals surface area contributed by atoms with Gasteiger partial charge < -0.3 is 14.9 Å². The number of hydrogen-bond donors (Lipinski definition) is 2. The fourth-order valence-corrected chi connectivity index (χ4v) is 3.05. The Morgan fingerprint density at radius 2 is 1.76 bits per heavy atom. The van der Waals surface area contributed by atoms with Crippen LogP contribution in [-0.2, 0) is 4.79 Å². The first-order chi connectivity index (χ1) is 13.5. The highest BCUT2D eigenvalue weighted by Gasteiger charge is 2.38. The second-order valence-electron chi connectivity index (χ2n) is 7.07. The summed E-state index contributed by atoms with van der Waals surface area (Å²) in [5.41, 5.74) is 0.734. The molecule has 2 rings (SSSR count). The Morgan fingerprint density at radius 3 is 2.14 bits per heavy atom. The van der Waals surface area contributed by atoms with Crippen molar-refractivity contribution in [2.45, 2.75) is 71.8 Å². The molecule has 1 aromatic rings. The molecule has 0 radical (unpaired) electrons. The van der Waals surface area contributed by atoms with Crippen LogP contribution in [0.4, 0.5) is 13.2 Å². The maximum Gasteiger partial charge on any atom is 0.573 e. The van der Waals surface area contributed by atoms with Crippen LogP contribution in [0.25, 0.3) is 0 Å². The third kappa shape index (κ3) is 11.7. The van der Waals surface area contributed by atoms with Crippen LogP contribution in [0.5, 0.6) is 5.75 Å². The fourth-order valence-electron chi connectivity index (χ4n) is 3.05. The predicted molar refractivity (Wildman–Crippen MR) is 108 cm³/mol. The van der Waals surface area contributed by atoms with Crippen molar-refractivity contribution in [1.82, 2.24) is 0 Å². The van der Waals surface area contributed by atoms with Gasteiger partial charge in [-0.15, -0.1) is 19.8 Å². The van der Waals surface area contributed by atoms with Gasteiger partial charge in [0.2, 0.25) is 0 Å². The van der Waals surface area contributed by atoms with Gasteiger partial charge in [0, 0.05) is 12.0 Å². The maximum atomic E-state index is 11.6. The zero-order chi connectivity index (χ0) is 22.5. The first kappa shape index (κ1) is 27.1. The minimum Gasteiger partial charge on any atom is -0.406 e. The molecule has 0 heterocycles. The Labute approximate surface area is 171 Å². The monoisotopic (exact) mass is 418 g/mol. The van der Waals surface area contributed by atoms with Crippen molar-refractivity contribution in [2.24, 2.45) is 5.41 Å². The normalized spacial score (nSPS) is 21.0. The first-order valence-electron chi connectivity index (χ1n) is 9.73. The third-order valence-corrected chi connectivity index (χ3v) is 4.74.